The molecule has 0 bridgehead atoms. The summed E-state index contributed by atoms with van der Waals surface area (Å²) >= 11 is 0. The van der Waals surface area contributed by atoms with Gasteiger partial charge >= 0.3 is 11.9 Å². The van der Waals surface area contributed by atoms with Gasteiger partial charge in [-0.1, -0.05) is 13.8 Å². The molecule has 0 aliphatic heterocycles. The lowest BCUT2D eigenvalue weighted by atomic mass is 10.0. The first-order valence-corrected chi connectivity index (χ1v) is 5.17. The molecule has 2 unspecified atom stereocenters. The molecule has 0 rings (SSSR count). The Labute approximate surface area is 105 Å². The molecule has 2 N–H and O–H groups in total. The highest BCUT2D eigenvalue weighted by atomic mass is 16.5. The Kier molecular flexibility index (Phi) is 5.37. The van der Waals surface area contributed by atoms with E-state index in [2.05, 4.69) is 10.2 Å². The molecule has 0 radical (unpaired) electrons. The van der Waals surface area contributed by atoms with E-state index >= 15 is 0 Å². The predicted molar refractivity (Wildman–Crippen MR) is 60.1 cm³/mol. The molecule has 0 amide bonds. The van der Waals surface area contributed by atoms with Crippen molar-refractivity contribution in [3.8, 4) is 0 Å². The maximum absolute atomic E-state index is 11.2. The van der Waals surface area contributed by atoms with Crippen molar-refractivity contribution in [2.24, 2.45) is 16.1 Å². The van der Waals surface area contributed by atoms with E-state index in [0.29, 0.717) is 0 Å². The zero-order chi connectivity index (χ0) is 14.6. The van der Waals surface area contributed by atoms with Gasteiger partial charge in [-0.05, 0) is 6.92 Å². The number of rotatable bonds is 7. The number of carbonyl (C=O) groups is 2. The second-order valence-electron chi connectivity index (χ2n) is 4.05. The van der Waals surface area contributed by atoms with Crippen LogP contribution < -0.4 is 0 Å². The van der Waals surface area contributed by atoms with Gasteiger partial charge in [0.2, 0.25) is 0 Å². The third-order valence-electron chi connectivity index (χ3n) is 2.58. The number of ether oxygens (including phenoxy) is 2. The molecular weight excluding hydrogens is 244 g/mol. The van der Waals surface area contributed by atoms with Crippen LogP contribution in [0.2, 0.25) is 0 Å². The summed E-state index contributed by atoms with van der Waals surface area (Å²) < 4.78 is 9.56. The third-order valence-corrected chi connectivity index (χ3v) is 2.58. The van der Waals surface area contributed by atoms with Gasteiger partial charge in [0, 0.05) is 20.1 Å². The van der Waals surface area contributed by atoms with Gasteiger partial charge in [-0.15, -0.1) is 10.2 Å². The summed E-state index contributed by atoms with van der Waals surface area (Å²) in [5.74, 6) is -3.28. The zero-order valence-electron chi connectivity index (χ0n) is 11.0. The van der Waals surface area contributed by atoms with E-state index in [-0.39, 0.29) is 0 Å². The van der Waals surface area contributed by atoms with E-state index in [1.165, 1.54) is 0 Å². The van der Waals surface area contributed by atoms with E-state index in [4.69, 9.17) is 19.7 Å². The molecule has 18 heavy (non-hydrogen) atoms. The number of azo groups is 1. The smallest absolute Gasteiger partial charge is 0.361 e. The van der Waals surface area contributed by atoms with Gasteiger partial charge in [0.05, 0.1) is 0 Å². The van der Waals surface area contributed by atoms with Crippen LogP contribution in [0.5, 0.6) is 0 Å². The Morgan fingerprint density at radius 1 is 1.06 bits per heavy atom. The Morgan fingerprint density at radius 2 is 1.56 bits per heavy atom. The second-order valence-corrected chi connectivity index (χ2v) is 4.05. The fourth-order valence-electron chi connectivity index (χ4n) is 1.11. The van der Waals surface area contributed by atoms with Crippen LogP contribution in [-0.4, -0.2) is 47.8 Å². The maximum atomic E-state index is 11.2. The zero-order valence-corrected chi connectivity index (χ0v) is 11.0. The van der Waals surface area contributed by atoms with Crippen LogP contribution in [0.15, 0.2) is 10.2 Å². The topological polar surface area (TPSA) is 118 Å². The summed E-state index contributed by atoms with van der Waals surface area (Å²) in [6, 6.07) is 0. The third kappa shape index (κ3) is 3.02. The second kappa shape index (κ2) is 5.87. The molecule has 0 aliphatic rings. The average molecular weight is 262 g/mol. The van der Waals surface area contributed by atoms with Crippen molar-refractivity contribution >= 4 is 11.9 Å². The summed E-state index contributed by atoms with van der Waals surface area (Å²) in [5, 5.41) is 25.0. The number of hydrogen-bond acceptors (Lipinski definition) is 6. The van der Waals surface area contributed by atoms with Crippen LogP contribution in [0.1, 0.15) is 20.8 Å². The van der Waals surface area contributed by atoms with Gasteiger partial charge in [0.25, 0.3) is 11.4 Å². The molecule has 0 aromatic heterocycles. The quantitative estimate of drug-likeness (QED) is 0.660. The van der Waals surface area contributed by atoms with Crippen LogP contribution in [0.25, 0.3) is 0 Å². The van der Waals surface area contributed by atoms with Crippen molar-refractivity contribution in [3.63, 3.8) is 0 Å². The van der Waals surface area contributed by atoms with E-state index < -0.39 is 29.3 Å². The molecule has 0 saturated carbocycles. The van der Waals surface area contributed by atoms with Crippen LogP contribution >= 0.6 is 0 Å². The minimum Gasteiger partial charge on any atom is -0.478 e. The summed E-state index contributed by atoms with van der Waals surface area (Å²) in [5.41, 5.74) is -3.89. The Balaban J connectivity index is 5.47. The van der Waals surface area contributed by atoms with Crippen LogP contribution in [-0.2, 0) is 19.1 Å². The van der Waals surface area contributed by atoms with Crippen molar-refractivity contribution in [3.05, 3.63) is 0 Å². The normalized spacial score (nSPS) is 18.6. The first-order chi connectivity index (χ1) is 8.16. The van der Waals surface area contributed by atoms with Crippen molar-refractivity contribution in [1.29, 1.82) is 0 Å². The van der Waals surface area contributed by atoms with Crippen LogP contribution in [0.3, 0.4) is 0 Å². The molecule has 0 aromatic carbocycles. The monoisotopic (exact) mass is 262 g/mol. The van der Waals surface area contributed by atoms with E-state index in [9.17, 15) is 9.59 Å². The number of nitrogens with zero attached hydrogens (tertiary/aromatic N) is 2. The molecule has 8 heteroatoms. The molecule has 104 valence electrons. The van der Waals surface area contributed by atoms with Gasteiger partial charge in [-0.3, -0.25) is 0 Å². The van der Waals surface area contributed by atoms with Gasteiger partial charge in [-0.25, -0.2) is 9.59 Å². The summed E-state index contributed by atoms with van der Waals surface area (Å²) in [4.78, 5) is 22.1. The fraction of sp³-hybridized carbons (Fsp3) is 0.800. The summed E-state index contributed by atoms with van der Waals surface area (Å²) in [7, 11) is 2.30. The lowest BCUT2D eigenvalue weighted by Gasteiger charge is -2.27. The Hall–Kier alpha value is -1.54. The molecule has 8 nitrogen and oxygen atoms in total. The fourth-order valence-corrected chi connectivity index (χ4v) is 1.11. The maximum Gasteiger partial charge on any atom is 0.361 e. The standard InChI is InChI=1S/C10H18N2O6/c1-6(2)10(18-5,8(15)16)12-11-9(3,17-4)7(13)14/h6H,1-5H3,(H,13,14)(H,15,16). The number of aliphatic carboxylic acids is 2. The van der Waals surface area contributed by atoms with Crippen molar-refractivity contribution in [2.45, 2.75) is 32.2 Å². The largest absolute Gasteiger partial charge is 0.478 e. The van der Waals surface area contributed by atoms with Crippen molar-refractivity contribution in [1.82, 2.24) is 0 Å². The van der Waals surface area contributed by atoms with Gasteiger partial charge in [-0.2, -0.15) is 0 Å². The summed E-state index contributed by atoms with van der Waals surface area (Å²) in [6.07, 6.45) is 0. The van der Waals surface area contributed by atoms with Gasteiger partial charge in [0.15, 0.2) is 0 Å². The predicted octanol–water partition coefficient (Wildman–Crippen LogP) is 0.969. The van der Waals surface area contributed by atoms with E-state index in [0.717, 1.165) is 21.1 Å². The average Bonchev–Trinajstić information content (AvgIpc) is 2.28. The van der Waals surface area contributed by atoms with E-state index in [1.807, 2.05) is 0 Å². The molecule has 0 aromatic rings. The van der Waals surface area contributed by atoms with Crippen molar-refractivity contribution < 1.29 is 29.3 Å². The number of carboxylic acids is 2. The molecule has 0 saturated heterocycles. The van der Waals surface area contributed by atoms with Crippen molar-refractivity contribution in [2.75, 3.05) is 14.2 Å². The van der Waals surface area contributed by atoms with Crippen LogP contribution in [0.4, 0.5) is 0 Å². The number of carboxylic acid groups (broad SMARTS) is 2. The molecule has 0 fully saturated rings. The number of methoxy groups -OCH3 is 2. The SMILES string of the molecule is COC(C)(N=NC(OC)(C(=O)O)C(C)C)C(=O)O. The van der Waals surface area contributed by atoms with E-state index in [1.54, 1.807) is 13.8 Å². The molecule has 0 spiro atoms. The first-order valence-electron chi connectivity index (χ1n) is 5.17. The highest BCUT2D eigenvalue weighted by Gasteiger charge is 2.44. The highest BCUT2D eigenvalue weighted by Crippen LogP contribution is 2.26. The highest BCUT2D eigenvalue weighted by molar-refractivity contribution is 5.78. The number of hydrogen-bond donors (Lipinski definition) is 2. The Bertz CT molecular complexity index is 356. The van der Waals surface area contributed by atoms with Gasteiger partial charge in [0.1, 0.15) is 0 Å². The van der Waals surface area contributed by atoms with Crippen LogP contribution in [0, 0.1) is 5.92 Å². The molecule has 0 heterocycles. The molecular formula is C10H18N2O6. The minimum atomic E-state index is -1.95. The molecule has 0 aliphatic carbocycles. The summed E-state index contributed by atoms with van der Waals surface area (Å²) in [6.45, 7) is 4.30. The molecule has 2 atom stereocenters. The lowest BCUT2D eigenvalue weighted by molar-refractivity contribution is -0.171. The lowest BCUT2D eigenvalue weighted by Crippen LogP contribution is -2.45. The van der Waals surface area contributed by atoms with Gasteiger partial charge < -0.3 is 19.7 Å². The minimum absolute atomic E-state index is 0.543. The first kappa shape index (κ1) is 16.5. The Morgan fingerprint density at radius 3 is 1.78 bits per heavy atom.